The van der Waals surface area contributed by atoms with Gasteiger partial charge in [0.25, 0.3) is 0 Å². The molecule has 0 bridgehead atoms. The molecular weight excluding hydrogens is 298 g/mol. The smallest absolute Gasteiger partial charge is 0.238 e. The summed E-state index contributed by atoms with van der Waals surface area (Å²) in [7, 11) is 3.11. The van der Waals surface area contributed by atoms with Gasteiger partial charge in [-0.3, -0.25) is 14.5 Å². The van der Waals surface area contributed by atoms with Gasteiger partial charge in [0.05, 0.1) is 26.5 Å². The average molecular weight is 321 g/mol. The summed E-state index contributed by atoms with van der Waals surface area (Å²) in [5, 5.41) is 2.84. The Kier molecular flexibility index (Phi) is 5.81. The molecule has 0 aliphatic carbocycles. The molecule has 2 amide bonds. The lowest BCUT2D eigenvalue weighted by molar-refractivity contribution is -0.123. The van der Waals surface area contributed by atoms with E-state index in [4.69, 9.17) is 15.2 Å². The molecule has 1 aromatic rings. The van der Waals surface area contributed by atoms with E-state index in [1.165, 1.54) is 0 Å². The van der Waals surface area contributed by atoms with Crippen molar-refractivity contribution in [3.05, 3.63) is 18.2 Å². The van der Waals surface area contributed by atoms with Crippen LogP contribution >= 0.6 is 0 Å². The number of nitrogens with zero attached hydrogens (tertiary/aromatic N) is 1. The van der Waals surface area contributed by atoms with E-state index in [0.717, 1.165) is 0 Å². The molecule has 0 radical (unpaired) electrons. The lowest BCUT2D eigenvalue weighted by Crippen LogP contribution is -2.42. The van der Waals surface area contributed by atoms with Crippen LogP contribution in [0.15, 0.2) is 18.2 Å². The molecule has 1 heterocycles. The molecule has 1 aromatic carbocycles. The van der Waals surface area contributed by atoms with E-state index in [9.17, 15) is 9.59 Å². The van der Waals surface area contributed by atoms with Crippen LogP contribution in [-0.2, 0) is 9.59 Å². The van der Waals surface area contributed by atoms with Gasteiger partial charge in [-0.2, -0.15) is 0 Å². The van der Waals surface area contributed by atoms with E-state index in [-0.39, 0.29) is 24.3 Å². The number of amides is 2. The van der Waals surface area contributed by atoms with Crippen LogP contribution in [0.25, 0.3) is 0 Å². The van der Waals surface area contributed by atoms with Crippen molar-refractivity contribution in [2.75, 3.05) is 39.2 Å². The fourth-order valence-electron chi connectivity index (χ4n) is 2.67. The Bertz CT molecular complexity index is 568. The van der Waals surface area contributed by atoms with Gasteiger partial charge in [0.1, 0.15) is 11.5 Å². The monoisotopic (exact) mass is 321 g/mol. The van der Waals surface area contributed by atoms with E-state index in [1.807, 2.05) is 4.90 Å². The standard InChI is InChI=1S/C16H23N3O4/c1-22-12-3-4-13(14(9-12)23-2)18-15(20)10-19-7-5-11(6-8-19)16(17)21/h3-4,9,11H,5-8,10H2,1-2H3,(H2,17,21)(H,18,20). The Morgan fingerprint density at radius 1 is 1.26 bits per heavy atom. The van der Waals surface area contributed by atoms with Crippen LogP contribution in [-0.4, -0.2) is 50.6 Å². The van der Waals surface area contributed by atoms with Crippen molar-refractivity contribution < 1.29 is 19.1 Å². The van der Waals surface area contributed by atoms with Gasteiger partial charge in [0, 0.05) is 12.0 Å². The molecular formula is C16H23N3O4. The molecule has 0 unspecified atom stereocenters. The van der Waals surface area contributed by atoms with Crippen molar-refractivity contribution >= 4 is 17.5 Å². The first kappa shape index (κ1) is 17.1. The Morgan fingerprint density at radius 3 is 2.52 bits per heavy atom. The van der Waals surface area contributed by atoms with Crippen molar-refractivity contribution in [1.29, 1.82) is 0 Å². The minimum atomic E-state index is -0.253. The molecule has 7 nitrogen and oxygen atoms in total. The Morgan fingerprint density at radius 2 is 1.96 bits per heavy atom. The summed E-state index contributed by atoms with van der Waals surface area (Å²) in [5.41, 5.74) is 5.91. The average Bonchev–Trinajstić information content (AvgIpc) is 2.55. The van der Waals surface area contributed by atoms with Crippen LogP contribution < -0.4 is 20.5 Å². The van der Waals surface area contributed by atoms with Gasteiger partial charge < -0.3 is 20.5 Å². The number of primary amides is 1. The Balaban J connectivity index is 1.89. The van der Waals surface area contributed by atoms with Crippen molar-refractivity contribution in [1.82, 2.24) is 4.90 Å². The van der Waals surface area contributed by atoms with E-state index < -0.39 is 0 Å². The lowest BCUT2D eigenvalue weighted by atomic mass is 9.96. The largest absolute Gasteiger partial charge is 0.497 e. The minimum absolute atomic E-state index is 0.0732. The quantitative estimate of drug-likeness (QED) is 0.810. The second-order valence-corrected chi connectivity index (χ2v) is 5.57. The third-order valence-electron chi connectivity index (χ3n) is 4.04. The number of carbonyl (C=O) groups is 2. The fraction of sp³-hybridized carbons (Fsp3) is 0.500. The highest BCUT2D eigenvalue weighted by atomic mass is 16.5. The van der Waals surface area contributed by atoms with Crippen molar-refractivity contribution in [3.8, 4) is 11.5 Å². The van der Waals surface area contributed by atoms with Gasteiger partial charge >= 0.3 is 0 Å². The molecule has 7 heteroatoms. The predicted octanol–water partition coefficient (Wildman–Crippen LogP) is 0.840. The van der Waals surface area contributed by atoms with E-state index in [1.54, 1.807) is 32.4 Å². The summed E-state index contributed by atoms with van der Waals surface area (Å²) < 4.78 is 10.4. The van der Waals surface area contributed by atoms with Crippen LogP contribution in [0, 0.1) is 5.92 Å². The molecule has 0 spiro atoms. The number of anilines is 1. The highest BCUT2D eigenvalue weighted by Gasteiger charge is 2.24. The Hall–Kier alpha value is -2.28. The molecule has 3 N–H and O–H groups in total. The molecule has 23 heavy (non-hydrogen) atoms. The summed E-state index contributed by atoms with van der Waals surface area (Å²) >= 11 is 0. The van der Waals surface area contributed by atoms with Crippen molar-refractivity contribution in [2.45, 2.75) is 12.8 Å². The number of carbonyl (C=O) groups excluding carboxylic acids is 2. The number of methoxy groups -OCH3 is 2. The van der Waals surface area contributed by atoms with Crippen molar-refractivity contribution in [2.24, 2.45) is 11.7 Å². The molecule has 1 aliphatic heterocycles. The summed E-state index contributed by atoms with van der Waals surface area (Å²) in [4.78, 5) is 25.4. The molecule has 1 aliphatic rings. The van der Waals surface area contributed by atoms with Gasteiger partial charge in [-0.1, -0.05) is 0 Å². The van der Waals surface area contributed by atoms with E-state index in [0.29, 0.717) is 43.1 Å². The van der Waals surface area contributed by atoms with Crippen molar-refractivity contribution in [3.63, 3.8) is 0 Å². The molecule has 1 fully saturated rings. The molecule has 126 valence electrons. The third kappa shape index (κ3) is 4.59. The highest BCUT2D eigenvalue weighted by molar-refractivity contribution is 5.93. The number of likely N-dealkylation sites (tertiary alicyclic amines) is 1. The fourth-order valence-corrected chi connectivity index (χ4v) is 2.67. The maximum Gasteiger partial charge on any atom is 0.238 e. The topological polar surface area (TPSA) is 93.9 Å². The number of hydrogen-bond donors (Lipinski definition) is 2. The number of nitrogens with two attached hydrogens (primary N) is 1. The van der Waals surface area contributed by atoms with Crippen LogP contribution in [0.3, 0.4) is 0 Å². The number of hydrogen-bond acceptors (Lipinski definition) is 5. The van der Waals surface area contributed by atoms with Crippen LogP contribution in [0.4, 0.5) is 5.69 Å². The second-order valence-electron chi connectivity index (χ2n) is 5.57. The number of rotatable bonds is 6. The third-order valence-corrected chi connectivity index (χ3v) is 4.04. The zero-order chi connectivity index (χ0) is 16.8. The first-order valence-electron chi connectivity index (χ1n) is 7.57. The number of ether oxygens (including phenoxy) is 2. The Labute approximate surface area is 135 Å². The zero-order valence-corrected chi connectivity index (χ0v) is 13.5. The maximum absolute atomic E-state index is 12.2. The molecule has 1 saturated heterocycles. The summed E-state index contributed by atoms with van der Waals surface area (Å²) in [6, 6.07) is 5.22. The van der Waals surface area contributed by atoms with E-state index >= 15 is 0 Å². The van der Waals surface area contributed by atoms with Crippen LogP contribution in [0.2, 0.25) is 0 Å². The van der Waals surface area contributed by atoms with Crippen LogP contribution in [0.1, 0.15) is 12.8 Å². The molecule has 0 saturated carbocycles. The molecule has 2 rings (SSSR count). The summed E-state index contributed by atoms with van der Waals surface area (Å²) in [6.45, 7) is 1.67. The minimum Gasteiger partial charge on any atom is -0.497 e. The zero-order valence-electron chi connectivity index (χ0n) is 13.5. The number of nitrogens with one attached hydrogen (secondary N) is 1. The van der Waals surface area contributed by atoms with Crippen LogP contribution in [0.5, 0.6) is 11.5 Å². The van der Waals surface area contributed by atoms with Gasteiger partial charge in [-0.05, 0) is 38.1 Å². The first-order chi connectivity index (χ1) is 11.0. The van der Waals surface area contributed by atoms with Gasteiger partial charge in [0.2, 0.25) is 11.8 Å². The highest BCUT2D eigenvalue weighted by Crippen LogP contribution is 2.29. The summed E-state index contributed by atoms with van der Waals surface area (Å²) in [6.07, 6.45) is 1.41. The number of piperidine rings is 1. The summed E-state index contributed by atoms with van der Waals surface area (Å²) in [5.74, 6) is 0.762. The molecule has 0 aromatic heterocycles. The van der Waals surface area contributed by atoms with E-state index in [2.05, 4.69) is 5.32 Å². The maximum atomic E-state index is 12.2. The lowest BCUT2D eigenvalue weighted by Gasteiger charge is -2.29. The number of benzene rings is 1. The molecule has 0 atom stereocenters. The van der Waals surface area contributed by atoms with Gasteiger partial charge in [-0.15, -0.1) is 0 Å². The second kappa shape index (κ2) is 7.82. The predicted molar refractivity (Wildman–Crippen MR) is 86.5 cm³/mol. The first-order valence-corrected chi connectivity index (χ1v) is 7.57. The van der Waals surface area contributed by atoms with Gasteiger partial charge in [-0.25, -0.2) is 0 Å². The van der Waals surface area contributed by atoms with Gasteiger partial charge in [0.15, 0.2) is 0 Å². The SMILES string of the molecule is COc1ccc(NC(=O)CN2CCC(C(N)=O)CC2)c(OC)c1. The normalized spacial score (nSPS) is 15.9.